The summed E-state index contributed by atoms with van der Waals surface area (Å²) in [6, 6.07) is 6.83. The summed E-state index contributed by atoms with van der Waals surface area (Å²) in [5.74, 6) is 0.651. The molecule has 1 atom stereocenters. The highest BCUT2D eigenvalue weighted by molar-refractivity contribution is 6.30. The summed E-state index contributed by atoms with van der Waals surface area (Å²) in [6.45, 7) is 4.35. The van der Waals surface area contributed by atoms with Crippen LogP contribution in [-0.2, 0) is 11.2 Å². The SMILES string of the molecule is Cc1noc(C)c1CCCNC(=O)CC(O)c1ccc(Cl)cc1. The Hall–Kier alpha value is -1.85. The first kappa shape index (κ1) is 17.5. The molecule has 1 unspecified atom stereocenters. The van der Waals surface area contributed by atoms with Gasteiger partial charge in [0.2, 0.25) is 5.91 Å². The van der Waals surface area contributed by atoms with Gasteiger partial charge in [0, 0.05) is 17.1 Å². The van der Waals surface area contributed by atoms with E-state index < -0.39 is 6.10 Å². The molecule has 2 aromatic rings. The first-order valence-electron chi connectivity index (χ1n) is 7.59. The van der Waals surface area contributed by atoms with Crippen LogP contribution in [0.2, 0.25) is 5.02 Å². The van der Waals surface area contributed by atoms with Crippen molar-refractivity contribution in [3.8, 4) is 0 Å². The summed E-state index contributed by atoms with van der Waals surface area (Å²) in [4.78, 5) is 11.9. The molecule has 0 aliphatic carbocycles. The molecule has 1 heterocycles. The smallest absolute Gasteiger partial charge is 0.222 e. The molecule has 0 saturated carbocycles. The molecule has 0 spiro atoms. The van der Waals surface area contributed by atoms with Crippen molar-refractivity contribution in [2.24, 2.45) is 0 Å². The van der Waals surface area contributed by atoms with Gasteiger partial charge in [-0.2, -0.15) is 0 Å². The number of carbonyl (C=O) groups excluding carboxylic acids is 1. The van der Waals surface area contributed by atoms with Gasteiger partial charge in [0.25, 0.3) is 0 Å². The topological polar surface area (TPSA) is 75.4 Å². The Morgan fingerprint density at radius 3 is 2.65 bits per heavy atom. The maximum Gasteiger partial charge on any atom is 0.222 e. The Kier molecular flexibility index (Phi) is 6.19. The number of hydrogen-bond donors (Lipinski definition) is 2. The lowest BCUT2D eigenvalue weighted by Crippen LogP contribution is -2.26. The number of aromatic nitrogens is 1. The molecular weight excluding hydrogens is 316 g/mol. The average Bonchev–Trinajstić information content (AvgIpc) is 2.83. The number of nitrogens with zero attached hydrogens (tertiary/aromatic N) is 1. The number of aryl methyl sites for hydroxylation is 2. The van der Waals surface area contributed by atoms with Crippen LogP contribution >= 0.6 is 11.6 Å². The maximum atomic E-state index is 11.9. The van der Waals surface area contributed by atoms with Crippen LogP contribution in [0, 0.1) is 13.8 Å². The molecule has 1 amide bonds. The van der Waals surface area contributed by atoms with Crippen molar-refractivity contribution in [2.75, 3.05) is 6.54 Å². The van der Waals surface area contributed by atoms with Crippen molar-refractivity contribution in [3.63, 3.8) is 0 Å². The zero-order valence-electron chi connectivity index (χ0n) is 13.3. The number of aliphatic hydroxyl groups excluding tert-OH is 1. The predicted molar refractivity (Wildman–Crippen MR) is 88.3 cm³/mol. The van der Waals surface area contributed by atoms with Gasteiger partial charge in [0.1, 0.15) is 5.76 Å². The second kappa shape index (κ2) is 8.13. The van der Waals surface area contributed by atoms with E-state index in [0.29, 0.717) is 17.1 Å². The van der Waals surface area contributed by atoms with Crippen LogP contribution < -0.4 is 5.32 Å². The molecule has 0 aliphatic heterocycles. The highest BCUT2D eigenvalue weighted by Crippen LogP contribution is 2.19. The Balaban J connectivity index is 1.72. The van der Waals surface area contributed by atoms with Crippen LogP contribution in [0.3, 0.4) is 0 Å². The molecule has 1 aromatic heterocycles. The summed E-state index contributed by atoms with van der Waals surface area (Å²) >= 11 is 5.80. The third-order valence-electron chi connectivity index (χ3n) is 3.74. The molecule has 1 aromatic carbocycles. The van der Waals surface area contributed by atoms with E-state index in [0.717, 1.165) is 29.9 Å². The van der Waals surface area contributed by atoms with Crippen molar-refractivity contribution in [1.82, 2.24) is 10.5 Å². The van der Waals surface area contributed by atoms with Crippen molar-refractivity contribution >= 4 is 17.5 Å². The minimum atomic E-state index is -0.824. The number of halogens is 1. The van der Waals surface area contributed by atoms with Gasteiger partial charge in [-0.3, -0.25) is 4.79 Å². The summed E-state index contributed by atoms with van der Waals surface area (Å²) in [5, 5.41) is 17.4. The van der Waals surface area contributed by atoms with Gasteiger partial charge < -0.3 is 14.9 Å². The lowest BCUT2D eigenvalue weighted by molar-refractivity contribution is -0.123. The zero-order valence-corrected chi connectivity index (χ0v) is 14.1. The zero-order chi connectivity index (χ0) is 16.8. The number of hydrogen-bond acceptors (Lipinski definition) is 4. The van der Waals surface area contributed by atoms with E-state index in [4.69, 9.17) is 16.1 Å². The van der Waals surface area contributed by atoms with Gasteiger partial charge in [0.05, 0.1) is 18.2 Å². The molecule has 2 N–H and O–H groups in total. The molecule has 0 saturated heterocycles. The summed E-state index contributed by atoms with van der Waals surface area (Å²) < 4.78 is 5.10. The molecule has 0 fully saturated rings. The van der Waals surface area contributed by atoms with Crippen LogP contribution in [0.15, 0.2) is 28.8 Å². The number of carbonyl (C=O) groups is 1. The van der Waals surface area contributed by atoms with Crippen LogP contribution in [0.1, 0.15) is 41.5 Å². The van der Waals surface area contributed by atoms with Gasteiger partial charge in [-0.1, -0.05) is 28.9 Å². The molecule has 6 heteroatoms. The van der Waals surface area contributed by atoms with Gasteiger partial charge in [-0.05, 0) is 44.4 Å². The van der Waals surface area contributed by atoms with E-state index in [1.807, 2.05) is 13.8 Å². The number of benzene rings is 1. The van der Waals surface area contributed by atoms with Gasteiger partial charge >= 0.3 is 0 Å². The molecule has 0 bridgehead atoms. The Labute approximate surface area is 140 Å². The number of amides is 1. The average molecular weight is 337 g/mol. The van der Waals surface area contributed by atoms with Gasteiger partial charge in [-0.15, -0.1) is 0 Å². The summed E-state index contributed by atoms with van der Waals surface area (Å²) in [7, 11) is 0. The lowest BCUT2D eigenvalue weighted by atomic mass is 10.1. The van der Waals surface area contributed by atoms with E-state index in [1.165, 1.54) is 0 Å². The molecule has 0 aliphatic rings. The van der Waals surface area contributed by atoms with Crippen LogP contribution in [-0.4, -0.2) is 22.7 Å². The van der Waals surface area contributed by atoms with Gasteiger partial charge in [0.15, 0.2) is 0 Å². The predicted octanol–water partition coefficient (Wildman–Crippen LogP) is 3.12. The molecule has 5 nitrogen and oxygen atoms in total. The highest BCUT2D eigenvalue weighted by atomic mass is 35.5. The van der Waals surface area contributed by atoms with Crippen molar-refractivity contribution in [2.45, 2.75) is 39.2 Å². The molecule has 124 valence electrons. The van der Waals surface area contributed by atoms with Crippen LogP contribution in [0.25, 0.3) is 0 Å². The fourth-order valence-corrected chi connectivity index (χ4v) is 2.53. The van der Waals surface area contributed by atoms with Crippen LogP contribution in [0.4, 0.5) is 0 Å². The van der Waals surface area contributed by atoms with E-state index >= 15 is 0 Å². The van der Waals surface area contributed by atoms with Crippen molar-refractivity contribution in [1.29, 1.82) is 0 Å². The van der Waals surface area contributed by atoms with E-state index in [-0.39, 0.29) is 12.3 Å². The maximum absolute atomic E-state index is 11.9. The molecular formula is C17H21ClN2O3. The number of nitrogens with one attached hydrogen (secondary N) is 1. The van der Waals surface area contributed by atoms with E-state index in [2.05, 4.69) is 10.5 Å². The molecule has 2 rings (SSSR count). The van der Waals surface area contributed by atoms with Crippen molar-refractivity contribution in [3.05, 3.63) is 51.9 Å². The first-order chi connectivity index (χ1) is 11.0. The van der Waals surface area contributed by atoms with Gasteiger partial charge in [-0.25, -0.2) is 0 Å². The second-order valence-electron chi connectivity index (χ2n) is 5.53. The normalized spacial score (nSPS) is 12.2. The summed E-state index contributed by atoms with van der Waals surface area (Å²) in [6.07, 6.45) is 0.814. The minimum Gasteiger partial charge on any atom is -0.388 e. The second-order valence-corrected chi connectivity index (χ2v) is 5.96. The lowest BCUT2D eigenvalue weighted by Gasteiger charge is -2.11. The third-order valence-corrected chi connectivity index (χ3v) is 3.99. The van der Waals surface area contributed by atoms with E-state index in [9.17, 15) is 9.90 Å². The first-order valence-corrected chi connectivity index (χ1v) is 7.97. The number of aliphatic hydroxyl groups is 1. The Morgan fingerprint density at radius 1 is 1.35 bits per heavy atom. The minimum absolute atomic E-state index is 0.0347. The highest BCUT2D eigenvalue weighted by Gasteiger charge is 2.13. The molecule has 23 heavy (non-hydrogen) atoms. The van der Waals surface area contributed by atoms with Crippen LogP contribution in [0.5, 0.6) is 0 Å². The number of rotatable bonds is 7. The largest absolute Gasteiger partial charge is 0.388 e. The molecule has 0 radical (unpaired) electrons. The fourth-order valence-electron chi connectivity index (χ4n) is 2.40. The fraction of sp³-hybridized carbons (Fsp3) is 0.412. The van der Waals surface area contributed by atoms with E-state index in [1.54, 1.807) is 24.3 Å². The quantitative estimate of drug-likeness (QED) is 0.762. The Bertz CT molecular complexity index is 633. The standard InChI is InChI=1S/C17H21ClN2O3/c1-11-15(12(2)23-20-11)4-3-9-19-17(22)10-16(21)13-5-7-14(18)8-6-13/h5-8,16,21H,3-4,9-10H2,1-2H3,(H,19,22). The summed E-state index contributed by atoms with van der Waals surface area (Å²) in [5.41, 5.74) is 2.67. The Morgan fingerprint density at radius 2 is 2.04 bits per heavy atom. The van der Waals surface area contributed by atoms with Crippen molar-refractivity contribution < 1.29 is 14.4 Å². The monoisotopic (exact) mass is 336 g/mol. The third kappa shape index (κ3) is 5.08.